The van der Waals surface area contributed by atoms with E-state index >= 15 is 0 Å². The molecule has 0 aromatic heterocycles. The monoisotopic (exact) mass is 264 g/mol. The number of rotatable bonds is 6. The standard InChI is InChI=1S/C14H20N2O3/c1-3-7-16(10-13(18)15-2)14(19)9-11-5-4-6-12(17)8-11/h4-6,8,17H,3,7,9-10H2,1-2H3,(H,15,18). The predicted molar refractivity (Wildman–Crippen MR) is 72.7 cm³/mol. The van der Waals surface area contributed by atoms with Gasteiger partial charge in [0.2, 0.25) is 11.8 Å². The van der Waals surface area contributed by atoms with E-state index < -0.39 is 0 Å². The first-order valence-electron chi connectivity index (χ1n) is 6.33. The van der Waals surface area contributed by atoms with Gasteiger partial charge in [-0.05, 0) is 24.1 Å². The lowest BCUT2D eigenvalue weighted by Crippen LogP contribution is -2.40. The Labute approximate surface area is 113 Å². The van der Waals surface area contributed by atoms with Crippen LogP contribution in [0.1, 0.15) is 18.9 Å². The Morgan fingerprint density at radius 3 is 2.68 bits per heavy atom. The first kappa shape index (κ1) is 15.0. The summed E-state index contributed by atoms with van der Waals surface area (Å²) >= 11 is 0. The fraction of sp³-hybridized carbons (Fsp3) is 0.429. The van der Waals surface area contributed by atoms with E-state index in [0.29, 0.717) is 6.54 Å². The van der Waals surface area contributed by atoms with Crippen LogP contribution in [-0.4, -0.2) is 42.0 Å². The zero-order valence-corrected chi connectivity index (χ0v) is 11.3. The highest BCUT2D eigenvalue weighted by Gasteiger charge is 2.16. The molecule has 104 valence electrons. The van der Waals surface area contributed by atoms with Crippen LogP contribution in [0.5, 0.6) is 5.75 Å². The summed E-state index contributed by atoms with van der Waals surface area (Å²) in [6, 6.07) is 6.59. The van der Waals surface area contributed by atoms with E-state index in [9.17, 15) is 14.7 Å². The molecular weight excluding hydrogens is 244 g/mol. The topological polar surface area (TPSA) is 69.6 Å². The first-order chi connectivity index (χ1) is 9.06. The number of nitrogens with one attached hydrogen (secondary N) is 1. The molecule has 2 amide bonds. The Hall–Kier alpha value is -2.04. The van der Waals surface area contributed by atoms with E-state index in [1.54, 1.807) is 31.3 Å². The van der Waals surface area contributed by atoms with Gasteiger partial charge in [0.1, 0.15) is 5.75 Å². The predicted octanol–water partition coefficient (Wildman–Crippen LogP) is 0.919. The normalized spacial score (nSPS) is 10.0. The molecule has 5 nitrogen and oxygen atoms in total. The Kier molecular flexibility index (Phi) is 5.85. The summed E-state index contributed by atoms with van der Waals surface area (Å²) in [6.45, 7) is 2.57. The van der Waals surface area contributed by atoms with Crippen molar-refractivity contribution in [2.75, 3.05) is 20.1 Å². The molecule has 0 saturated heterocycles. The Morgan fingerprint density at radius 1 is 1.37 bits per heavy atom. The second kappa shape index (κ2) is 7.41. The molecular formula is C14H20N2O3. The fourth-order valence-electron chi connectivity index (χ4n) is 1.77. The van der Waals surface area contributed by atoms with Gasteiger partial charge in [0.15, 0.2) is 0 Å². The summed E-state index contributed by atoms with van der Waals surface area (Å²) in [6.07, 6.45) is 0.980. The van der Waals surface area contributed by atoms with Crippen molar-refractivity contribution in [3.8, 4) is 5.75 Å². The highest BCUT2D eigenvalue weighted by atomic mass is 16.3. The average Bonchev–Trinajstić information content (AvgIpc) is 2.38. The molecule has 0 aliphatic carbocycles. The maximum Gasteiger partial charge on any atom is 0.239 e. The number of aromatic hydroxyl groups is 1. The van der Waals surface area contributed by atoms with Gasteiger partial charge in [-0.25, -0.2) is 0 Å². The van der Waals surface area contributed by atoms with Crippen LogP contribution in [0.2, 0.25) is 0 Å². The molecule has 0 radical (unpaired) electrons. The van der Waals surface area contributed by atoms with Crippen LogP contribution in [0, 0.1) is 0 Å². The second-order valence-corrected chi connectivity index (χ2v) is 4.34. The maximum atomic E-state index is 12.1. The van der Waals surface area contributed by atoms with Gasteiger partial charge < -0.3 is 15.3 Å². The summed E-state index contributed by atoms with van der Waals surface area (Å²) in [5.74, 6) is -0.160. The van der Waals surface area contributed by atoms with Crippen LogP contribution in [0.4, 0.5) is 0 Å². The molecule has 19 heavy (non-hydrogen) atoms. The van der Waals surface area contributed by atoms with E-state index in [-0.39, 0.29) is 30.5 Å². The lowest BCUT2D eigenvalue weighted by Gasteiger charge is -2.21. The van der Waals surface area contributed by atoms with E-state index in [2.05, 4.69) is 5.32 Å². The minimum atomic E-state index is -0.183. The molecule has 0 aliphatic rings. The van der Waals surface area contributed by atoms with E-state index in [0.717, 1.165) is 12.0 Å². The number of phenolic OH excluding ortho intramolecular Hbond substituents is 1. The summed E-state index contributed by atoms with van der Waals surface area (Å²) in [4.78, 5) is 25.0. The second-order valence-electron chi connectivity index (χ2n) is 4.34. The van der Waals surface area contributed by atoms with Crippen molar-refractivity contribution in [2.24, 2.45) is 0 Å². The zero-order chi connectivity index (χ0) is 14.3. The summed E-state index contributed by atoms with van der Waals surface area (Å²) < 4.78 is 0. The molecule has 0 saturated carbocycles. The third kappa shape index (κ3) is 4.99. The third-order valence-electron chi connectivity index (χ3n) is 2.73. The highest BCUT2D eigenvalue weighted by molar-refractivity contribution is 5.85. The van der Waals surface area contributed by atoms with Crippen LogP contribution in [0.3, 0.4) is 0 Å². The number of hydrogen-bond donors (Lipinski definition) is 2. The number of nitrogens with zero attached hydrogens (tertiary/aromatic N) is 1. The Balaban J connectivity index is 2.68. The molecule has 0 bridgehead atoms. The molecule has 1 rings (SSSR count). The van der Waals surface area contributed by atoms with Crippen molar-refractivity contribution in [3.63, 3.8) is 0 Å². The van der Waals surface area contributed by atoms with E-state index in [4.69, 9.17) is 0 Å². The molecule has 0 unspecified atom stereocenters. The lowest BCUT2D eigenvalue weighted by atomic mass is 10.1. The fourth-order valence-corrected chi connectivity index (χ4v) is 1.77. The number of hydrogen-bond acceptors (Lipinski definition) is 3. The summed E-state index contributed by atoms with van der Waals surface area (Å²) in [7, 11) is 1.55. The molecule has 1 aromatic carbocycles. The minimum Gasteiger partial charge on any atom is -0.508 e. The minimum absolute atomic E-state index is 0.0714. The van der Waals surface area contributed by atoms with Gasteiger partial charge in [0.25, 0.3) is 0 Å². The van der Waals surface area contributed by atoms with Crippen molar-refractivity contribution in [1.82, 2.24) is 10.2 Å². The SMILES string of the molecule is CCCN(CC(=O)NC)C(=O)Cc1cccc(O)c1. The van der Waals surface area contributed by atoms with Crippen molar-refractivity contribution in [2.45, 2.75) is 19.8 Å². The Morgan fingerprint density at radius 2 is 2.11 bits per heavy atom. The van der Waals surface area contributed by atoms with Crippen LogP contribution < -0.4 is 5.32 Å². The number of benzene rings is 1. The number of phenols is 1. The summed E-state index contributed by atoms with van der Waals surface area (Å²) in [5, 5.41) is 11.9. The van der Waals surface area contributed by atoms with Gasteiger partial charge in [-0.2, -0.15) is 0 Å². The summed E-state index contributed by atoms with van der Waals surface area (Å²) in [5.41, 5.74) is 0.739. The Bertz CT molecular complexity index is 446. The van der Waals surface area contributed by atoms with Gasteiger partial charge >= 0.3 is 0 Å². The van der Waals surface area contributed by atoms with Gasteiger partial charge in [0.05, 0.1) is 13.0 Å². The van der Waals surface area contributed by atoms with Crippen LogP contribution >= 0.6 is 0 Å². The smallest absolute Gasteiger partial charge is 0.239 e. The van der Waals surface area contributed by atoms with Crippen LogP contribution in [0.25, 0.3) is 0 Å². The number of amides is 2. The maximum absolute atomic E-state index is 12.1. The highest BCUT2D eigenvalue weighted by Crippen LogP contribution is 2.12. The van der Waals surface area contributed by atoms with Crippen molar-refractivity contribution >= 4 is 11.8 Å². The molecule has 2 N–H and O–H groups in total. The third-order valence-corrected chi connectivity index (χ3v) is 2.73. The van der Waals surface area contributed by atoms with Crippen molar-refractivity contribution < 1.29 is 14.7 Å². The molecule has 0 fully saturated rings. The van der Waals surface area contributed by atoms with Gasteiger partial charge in [-0.3, -0.25) is 9.59 Å². The van der Waals surface area contributed by atoms with Gasteiger partial charge in [0, 0.05) is 13.6 Å². The number of carbonyl (C=O) groups is 2. The molecule has 0 heterocycles. The molecule has 0 atom stereocenters. The zero-order valence-electron chi connectivity index (χ0n) is 11.3. The largest absolute Gasteiger partial charge is 0.508 e. The molecule has 5 heteroatoms. The van der Waals surface area contributed by atoms with E-state index in [1.807, 2.05) is 6.92 Å². The van der Waals surface area contributed by atoms with Gasteiger partial charge in [-0.1, -0.05) is 19.1 Å². The first-order valence-corrected chi connectivity index (χ1v) is 6.33. The number of carbonyl (C=O) groups excluding carboxylic acids is 2. The molecule has 0 spiro atoms. The van der Waals surface area contributed by atoms with Gasteiger partial charge in [-0.15, -0.1) is 0 Å². The van der Waals surface area contributed by atoms with Crippen molar-refractivity contribution in [1.29, 1.82) is 0 Å². The lowest BCUT2D eigenvalue weighted by molar-refractivity contribution is -0.135. The molecule has 0 aliphatic heterocycles. The van der Waals surface area contributed by atoms with Crippen LogP contribution in [-0.2, 0) is 16.0 Å². The quantitative estimate of drug-likeness (QED) is 0.802. The van der Waals surface area contributed by atoms with Crippen LogP contribution in [0.15, 0.2) is 24.3 Å². The van der Waals surface area contributed by atoms with Crippen molar-refractivity contribution in [3.05, 3.63) is 29.8 Å². The average molecular weight is 264 g/mol. The van der Waals surface area contributed by atoms with E-state index in [1.165, 1.54) is 4.90 Å². The number of likely N-dealkylation sites (N-methyl/N-ethyl adjacent to an activating group) is 1. The molecule has 1 aromatic rings.